The summed E-state index contributed by atoms with van der Waals surface area (Å²) < 4.78 is 0. The molecule has 0 bridgehead atoms. The molecule has 3 nitrogen and oxygen atoms in total. The van der Waals surface area contributed by atoms with Gasteiger partial charge in [-0.2, -0.15) is 0 Å². The van der Waals surface area contributed by atoms with Gasteiger partial charge in [0.15, 0.2) is 0 Å². The zero-order valence-corrected chi connectivity index (χ0v) is 10.4. The molecule has 0 aromatic carbocycles. The summed E-state index contributed by atoms with van der Waals surface area (Å²) in [5.41, 5.74) is 1.36. The zero-order chi connectivity index (χ0) is 12.0. The Balaban J connectivity index is 2.30. The number of aliphatic hydroxyl groups is 1. The number of nitrogens with zero attached hydrogens (tertiary/aromatic N) is 1. The molecular formula is C13H22N2O. The van der Waals surface area contributed by atoms with E-state index in [0.717, 1.165) is 19.5 Å². The molecule has 1 aromatic rings. The zero-order valence-electron chi connectivity index (χ0n) is 10.4. The van der Waals surface area contributed by atoms with Gasteiger partial charge in [0.1, 0.15) is 0 Å². The van der Waals surface area contributed by atoms with Crippen LogP contribution in [-0.4, -0.2) is 22.7 Å². The highest BCUT2D eigenvalue weighted by molar-refractivity contribution is 5.09. The van der Waals surface area contributed by atoms with Gasteiger partial charge in [0.05, 0.1) is 6.10 Å². The van der Waals surface area contributed by atoms with Crippen LogP contribution in [0.1, 0.15) is 32.8 Å². The summed E-state index contributed by atoms with van der Waals surface area (Å²) in [5.74, 6) is 0. The molecule has 1 unspecified atom stereocenters. The Morgan fingerprint density at radius 3 is 2.56 bits per heavy atom. The van der Waals surface area contributed by atoms with Crippen LogP contribution in [0.25, 0.3) is 0 Å². The number of aliphatic hydroxyl groups excluding tert-OH is 1. The van der Waals surface area contributed by atoms with E-state index < -0.39 is 0 Å². The van der Waals surface area contributed by atoms with Gasteiger partial charge in [0.2, 0.25) is 0 Å². The van der Waals surface area contributed by atoms with Crippen molar-refractivity contribution in [3.05, 3.63) is 30.1 Å². The standard InChI is InChI=1S/C13H22N2O/c1-11(16)8-13(2,3)10-15-9-12-4-6-14-7-5-12/h4-7,11,15-16H,8-10H2,1-3H3. The van der Waals surface area contributed by atoms with E-state index in [0.29, 0.717) is 0 Å². The Hall–Kier alpha value is -0.930. The van der Waals surface area contributed by atoms with Crippen molar-refractivity contribution >= 4 is 0 Å². The highest BCUT2D eigenvalue weighted by atomic mass is 16.3. The minimum absolute atomic E-state index is 0.126. The largest absolute Gasteiger partial charge is 0.393 e. The molecule has 0 saturated heterocycles. The second-order valence-corrected chi connectivity index (χ2v) is 5.18. The molecule has 1 heterocycles. The molecule has 0 fully saturated rings. The molecule has 0 aliphatic rings. The van der Waals surface area contributed by atoms with E-state index in [9.17, 15) is 5.11 Å². The third-order valence-electron chi connectivity index (χ3n) is 2.53. The Kier molecular flexibility index (Phi) is 4.90. The Morgan fingerprint density at radius 1 is 1.38 bits per heavy atom. The molecule has 0 amide bonds. The van der Waals surface area contributed by atoms with Gasteiger partial charge in [-0.25, -0.2) is 0 Å². The summed E-state index contributed by atoms with van der Waals surface area (Å²) in [4.78, 5) is 3.98. The van der Waals surface area contributed by atoms with Crippen molar-refractivity contribution in [2.75, 3.05) is 6.54 Å². The maximum atomic E-state index is 9.37. The van der Waals surface area contributed by atoms with Gasteiger partial charge in [0.25, 0.3) is 0 Å². The van der Waals surface area contributed by atoms with Crippen LogP contribution in [0, 0.1) is 5.41 Å². The molecule has 90 valence electrons. The van der Waals surface area contributed by atoms with Crippen molar-refractivity contribution in [1.29, 1.82) is 0 Å². The van der Waals surface area contributed by atoms with Crippen LogP contribution in [0.4, 0.5) is 0 Å². The molecule has 0 aliphatic carbocycles. The molecule has 0 spiro atoms. The van der Waals surface area contributed by atoms with Gasteiger partial charge in [0, 0.05) is 25.5 Å². The molecule has 0 aliphatic heterocycles. The lowest BCUT2D eigenvalue weighted by atomic mass is 9.87. The maximum absolute atomic E-state index is 9.37. The van der Waals surface area contributed by atoms with E-state index in [1.165, 1.54) is 5.56 Å². The third-order valence-corrected chi connectivity index (χ3v) is 2.53. The first-order valence-electron chi connectivity index (χ1n) is 5.77. The van der Waals surface area contributed by atoms with Crippen molar-refractivity contribution in [1.82, 2.24) is 10.3 Å². The lowest BCUT2D eigenvalue weighted by molar-refractivity contribution is 0.128. The van der Waals surface area contributed by atoms with Gasteiger partial charge in [-0.15, -0.1) is 0 Å². The van der Waals surface area contributed by atoms with Crippen LogP contribution in [-0.2, 0) is 6.54 Å². The fourth-order valence-electron chi connectivity index (χ4n) is 1.92. The fourth-order valence-corrected chi connectivity index (χ4v) is 1.92. The summed E-state index contributed by atoms with van der Waals surface area (Å²) in [5, 5.41) is 12.8. The van der Waals surface area contributed by atoms with E-state index in [2.05, 4.69) is 24.1 Å². The van der Waals surface area contributed by atoms with E-state index in [1.807, 2.05) is 19.1 Å². The predicted molar refractivity (Wildman–Crippen MR) is 66.0 cm³/mol. The minimum atomic E-state index is -0.238. The lowest BCUT2D eigenvalue weighted by Crippen LogP contribution is -2.31. The van der Waals surface area contributed by atoms with E-state index in [-0.39, 0.29) is 11.5 Å². The molecule has 3 heteroatoms. The highest BCUT2D eigenvalue weighted by Crippen LogP contribution is 2.21. The Morgan fingerprint density at radius 2 is 2.00 bits per heavy atom. The molecule has 0 radical (unpaired) electrons. The summed E-state index contributed by atoms with van der Waals surface area (Å²) in [7, 11) is 0. The summed E-state index contributed by atoms with van der Waals surface area (Å²) in [6.45, 7) is 7.93. The fraction of sp³-hybridized carbons (Fsp3) is 0.615. The van der Waals surface area contributed by atoms with Crippen molar-refractivity contribution in [3.8, 4) is 0 Å². The average molecular weight is 222 g/mol. The van der Waals surface area contributed by atoms with Crippen LogP contribution in [0.15, 0.2) is 24.5 Å². The number of aromatic nitrogens is 1. The van der Waals surface area contributed by atoms with Crippen LogP contribution in [0.2, 0.25) is 0 Å². The Bertz CT molecular complexity index is 296. The predicted octanol–water partition coefficient (Wildman–Crippen LogP) is 1.97. The molecule has 16 heavy (non-hydrogen) atoms. The Labute approximate surface area is 97.9 Å². The molecule has 1 rings (SSSR count). The van der Waals surface area contributed by atoms with Gasteiger partial charge in [-0.3, -0.25) is 4.98 Å². The number of pyridine rings is 1. The van der Waals surface area contributed by atoms with Crippen molar-refractivity contribution in [2.45, 2.75) is 39.8 Å². The molecule has 1 atom stereocenters. The van der Waals surface area contributed by atoms with Crippen LogP contribution in [0.5, 0.6) is 0 Å². The average Bonchev–Trinajstić information content (AvgIpc) is 2.16. The second kappa shape index (κ2) is 5.97. The first-order valence-corrected chi connectivity index (χ1v) is 5.77. The number of hydrogen-bond acceptors (Lipinski definition) is 3. The normalized spacial score (nSPS) is 13.8. The van der Waals surface area contributed by atoms with Gasteiger partial charge >= 0.3 is 0 Å². The molecular weight excluding hydrogens is 200 g/mol. The lowest BCUT2D eigenvalue weighted by Gasteiger charge is -2.26. The molecule has 0 saturated carbocycles. The maximum Gasteiger partial charge on any atom is 0.0517 e. The first-order chi connectivity index (χ1) is 7.49. The van der Waals surface area contributed by atoms with Crippen LogP contribution in [0.3, 0.4) is 0 Å². The second-order valence-electron chi connectivity index (χ2n) is 5.18. The van der Waals surface area contributed by atoms with E-state index >= 15 is 0 Å². The van der Waals surface area contributed by atoms with Crippen molar-refractivity contribution in [2.24, 2.45) is 5.41 Å². The van der Waals surface area contributed by atoms with Crippen molar-refractivity contribution < 1.29 is 5.11 Å². The first kappa shape index (κ1) is 13.1. The van der Waals surface area contributed by atoms with Gasteiger partial charge in [-0.1, -0.05) is 13.8 Å². The highest BCUT2D eigenvalue weighted by Gasteiger charge is 2.19. The topological polar surface area (TPSA) is 45.1 Å². The van der Waals surface area contributed by atoms with Crippen molar-refractivity contribution in [3.63, 3.8) is 0 Å². The molecule has 2 N–H and O–H groups in total. The van der Waals surface area contributed by atoms with Gasteiger partial charge < -0.3 is 10.4 Å². The van der Waals surface area contributed by atoms with Gasteiger partial charge in [-0.05, 0) is 36.5 Å². The quantitative estimate of drug-likeness (QED) is 0.773. The van der Waals surface area contributed by atoms with Crippen LogP contribution < -0.4 is 5.32 Å². The summed E-state index contributed by atoms with van der Waals surface area (Å²) in [6.07, 6.45) is 4.18. The third kappa shape index (κ3) is 5.24. The summed E-state index contributed by atoms with van der Waals surface area (Å²) >= 11 is 0. The smallest absolute Gasteiger partial charge is 0.0517 e. The number of hydrogen-bond donors (Lipinski definition) is 2. The van der Waals surface area contributed by atoms with E-state index in [1.54, 1.807) is 12.4 Å². The summed E-state index contributed by atoms with van der Waals surface area (Å²) in [6, 6.07) is 4.02. The minimum Gasteiger partial charge on any atom is -0.393 e. The van der Waals surface area contributed by atoms with Crippen LogP contribution >= 0.6 is 0 Å². The van der Waals surface area contributed by atoms with E-state index in [4.69, 9.17) is 0 Å². The number of nitrogens with one attached hydrogen (secondary N) is 1. The SMILES string of the molecule is CC(O)CC(C)(C)CNCc1ccncc1. The monoisotopic (exact) mass is 222 g/mol. The molecule has 1 aromatic heterocycles. The number of rotatable bonds is 6.